The van der Waals surface area contributed by atoms with Crippen LogP contribution in [0.25, 0.3) is 0 Å². The summed E-state index contributed by atoms with van der Waals surface area (Å²) >= 11 is 0. The molecule has 1 aliphatic carbocycles. The second kappa shape index (κ2) is 8.49. The molecule has 2 rings (SSSR count). The first-order valence-electron chi connectivity index (χ1n) is 8.98. The van der Waals surface area contributed by atoms with E-state index in [2.05, 4.69) is 22.1 Å². The fourth-order valence-corrected chi connectivity index (χ4v) is 4.06. The highest BCUT2D eigenvalue weighted by molar-refractivity contribution is 7.89. The van der Waals surface area contributed by atoms with Crippen LogP contribution in [0.2, 0.25) is 0 Å². The highest BCUT2D eigenvalue weighted by Gasteiger charge is 2.35. The van der Waals surface area contributed by atoms with E-state index in [1.54, 1.807) is 4.31 Å². The molecule has 2 fully saturated rings. The van der Waals surface area contributed by atoms with Gasteiger partial charge < -0.3 is 15.0 Å². The number of piperazine rings is 1. The predicted octanol–water partition coefficient (Wildman–Crippen LogP) is 0.733. The molecule has 0 bridgehead atoms. The van der Waals surface area contributed by atoms with Gasteiger partial charge in [0.25, 0.3) is 0 Å². The normalized spacial score (nSPS) is 26.0. The summed E-state index contributed by atoms with van der Waals surface area (Å²) in [6.07, 6.45) is 1.24. The minimum absolute atomic E-state index is 0.0545. The largest absolute Gasteiger partial charge is 0.378 e. The van der Waals surface area contributed by atoms with Crippen molar-refractivity contribution in [2.45, 2.75) is 46.3 Å². The minimum Gasteiger partial charge on any atom is -0.378 e. The van der Waals surface area contributed by atoms with Crippen LogP contribution < -0.4 is 5.32 Å². The molecule has 1 saturated carbocycles. The third kappa shape index (κ3) is 5.60. The van der Waals surface area contributed by atoms with Gasteiger partial charge in [0, 0.05) is 38.8 Å². The first kappa shape index (κ1) is 19.5. The van der Waals surface area contributed by atoms with E-state index < -0.39 is 10.0 Å². The summed E-state index contributed by atoms with van der Waals surface area (Å²) in [5.41, 5.74) is 0. The zero-order chi connectivity index (χ0) is 17.7. The third-order valence-corrected chi connectivity index (χ3v) is 6.29. The molecule has 1 aliphatic heterocycles. The van der Waals surface area contributed by atoms with Crippen LogP contribution in [0.15, 0.2) is 4.99 Å². The van der Waals surface area contributed by atoms with Crippen molar-refractivity contribution in [3.63, 3.8) is 0 Å². The zero-order valence-electron chi connectivity index (χ0n) is 15.4. The summed E-state index contributed by atoms with van der Waals surface area (Å²) in [5.74, 6) is 1.68. The summed E-state index contributed by atoms with van der Waals surface area (Å²) in [6.45, 7) is 11.4. The van der Waals surface area contributed by atoms with Crippen molar-refractivity contribution in [3.8, 4) is 0 Å². The van der Waals surface area contributed by atoms with Crippen molar-refractivity contribution in [2.24, 2.45) is 10.9 Å². The maximum Gasteiger partial charge on any atom is 0.216 e. The van der Waals surface area contributed by atoms with Crippen molar-refractivity contribution >= 4 is 16.0 Å². The van der Waals surface area contributed by atoms with E-state index in [4.69, 9.17) is 4.74 Å². The third-order valence-electron chi connectivity index (χ3n) is 4.46. The highest BCUT2D eigenvalue weighted by atomic mass is 32.2. The second-order valence-electron chi connectivity index (χ2n) is 6.88. The topological polar surface area (TPSA) is 74.2 Å². The van der Waals surface area contributed by atoms with Crippen LogP contribution in [0, 0.1) is 5.92 Å². The average molecular weight is 361 g/mol. The van der Waals surface area contributed by atoms with E-state index in [9.17, 15) is 8.42 Å². The number of ether oxygens (including phenoxy) is 1. The van der Waals surface area contributed by atoms with Crippen molar-refractivity contribution in [3.05, 3.63) is 0 Å². The van der Waals surface area contributed by atoms with Crippen LogP contribution >= 0.6 is 0 Å². The number of hydrogen-bond acceptors (Lipinski definition) is 4. The number of hydrogen-bond donors (Lipinski definition) is 1. The first-order valence-corrected chi connectivity index (χ1v) is 10.6. The summed E-state index contributed by atoms with van der Waals surface area (Å²) in [5, 5.41) is 3.50. The van der Waals surface area contributed by atoms with Gasteiger partial charge in [0.1, 0.15) is 0 Å². The lowest BCUT2D eigenvalue weighted by atomic mass is 10.4. The van der Waals surface area contributed by atoms with Gasteiger partial charge in [-0.25, -0.2) is 8.42 Å². The molecule has 1 saturated heterocycles. The van der Waals surface area contributed by atoms with E-state index in [1.807, 2.05) is 20.8 Å². The summed E-state index contributed by atoms with van der Waals surface area (Å²) in [4.78, 5) is 6.73. The molecule has 2 aliphatic rings. The van der Waals surface area contributed by atoms with E-state index in [1.165, 1.54) is 6.42 Å². The molecular formula is C16H32N4O3S. The minimum atomic E-state index is -3.24. The van der Waals surface area contributed by atoms with Gasteiger partial charge in [0.15, 0.2) is 5.96 Å². The van der Waals surface area contributed by atoms with Crippen LogP contribution in [-0.4, -0.2) is 80.8 Å². The molecule has 1 heterocycles. The van der Waals surface area contributed by atoms with Crippen LogP contribution in [0.5, 0.6) is 0 Å². The molecule has 7 nitrogen and oxygen atoms in total. The number of rotatable bonds is 7. The Labute approximate surface area is 146 Å². The first-order chi connectivity index (χ1) is 11.3. The van der Waals surface area contributed by atoms with Crippen molar-refractivity contribution in [1.29, 1.82) is 0 Å². The number of sulfonamides is 1. The Kier molecular flexibility index (Phi) is 6.88. The standard InChI is InChI=1S/C16H32N4O3S/c1-5-17-16(18-15-12-14(15)4)19-6-8-20(9-7-19)24(21,22)11-10-23-13(2)3/h13-15H,5-12H2,1-4H3,(H,17,18). The van der Waals surface area contributed by atoms with Gasteiger partial charge in [-0.15, -0.1) is 0 Å². The number of aliphatic imine (C=N–C) groups is 1. The van der Waals surface area contributed by atoms with E-state index in [0.29, 0.717) is 38.1 Å². The zero-order valence-corrected chi connectivity index (χ0v) is 16.2. The Morgan fingerprint density at radius 3 is 2.42 bits per heavy atom. The molecule has 2 unspecified atom stereocenters. The van der Waals surface area contributed by atoms with Crippen LogP contribution in [0.3, 0.4) is 0 Å². The smallest absolute Gasteiger partial charge is 0.216 e. The van der Waals surface area contributed by atoms with E-state index >= 15 is 0 Å². The van der Waals surface area contributed by atoms with Gasteiger partial charge in [-0.3, -0.25) is 4.99 Å². The molecule has 0 spiro atoms. The van der Waals surface area contributed by atoms with E-state index in [-0.39, 0.29) is 18.5 Å². The summed E-state index contributed by atoms with van der Waals surface area (Å²) < 4.78 is 31.7. The SMILES string of the molecule is CCN=C(NC1CC1C)N1CCN(S(=O)(=O)CCOC(C)C)CC1. The van der Waals surface area contributed by atoms with Crippen LogP contribution in [0.4, 0.5) is 0 Å². The maximum absolute atomic E-state index is 12.4. The Bertz CT molecular complexity index is 527. The molecule has 0 radical (unpaired) electrons. The molecule has 0 amide bonds. The van der Waals surface area contributed by atoms with Gasteiger partial charge in [0.2, 0.25) is 10.0 Å². The Morgan fingerprint density at radius 2 is 1.92 bits per heavy atom. The van der Waals surface area contributed by atoms with Gasteiger partial charge in [-0.05, 0) is 33.1 Å². The Hall–Kier alpha value is -0.860. The molecule has 1 N–H and O–H groups in total. The van der Waals surface area contributed by atoms with Gasteiger partial charge in [-0.1, -0.05) is 6.92 Å². The van der Waals surface area contributed by atoms with Crippen molar-refractivity contribution < 1.29 is 13.2 Å². The van der Waals surface area contributed by atoms with Gasteiger partial charge in [-0.2, -0.15) is 4.31 Å². The number of nitrogens with one attached hydrogen (secondary N) is 1. The summed E-state index contributed by atoms with van der Waals surface area (Å²) in [7, 11) is -3.24. The van der Waals surface area contributed by atoms with Crippen LogP contribution in [-0.2, 0) is 14.8 Å². The lowest BCUT2D eigenvalue weighted by molar-refractivity contribution is 0.0904. The fraction of sp³-hybridized carbons (Fsp3) is 0.938. The van der Waals surface area contributed by atoms with Gasteiger partial charge >= 0.3 is 0 Å². The quantitative estimate of drug-likeness (QED) is 0.535. The average Bonchev–Trinajstić information content (AvgIpc) is 3.21. The molecule has 24 heavy (non-hydrogen) atoms. The second-order valence-corrected chi connectivity index (χ2v) is 8.97. The molecule has 0 aromatic carbocycles. The number of guanidine groups is 1. The Balaban J connectivity index is 1.83. The molecule has 8 heteroatoms. The Morgan fingerprint density at radius 1 is 1.29 bits per heavy atom. The van der Waals surface area contributed by atoms with Crippen molar-refractivity contribution in [2.75, 3.05) is 45.1 Å². The molecule has 0 aromatic heterocycles. The molecule has 2 atom stereocenters. The lowest BCUT2D eigenvalue weighted by Crippen LogP contribution is -2.54. The monoisotopic (exact) mass is 360 g/mol. The highest BCUT2D eigenvalue weighted by Crippen LogP contribution is 2.29. The van der Waals surface area contributed by atoms with Gasteiger partial charge in [0.05, 0.1) is 18.5 Å². The van der Waals surface area contributed by atoms with Crippen LogP contribution in [0.1, 0.15) is 34.1 Å². The summed E-state index contributed by atoms with van der Waals surface area (Å²) in [6, 6.07) is 0.519. The predicted molar refractivity (Wildman–Crippen MR) is 96.7 cm³/mol. The molecule has 0 aromatic rings. The molecular weight excluding hydrogens is 328 g/mol. The lowest BCUT2D eigenvalue weighted by Gasteiger charge is -2.36. The maximum atomic E-state index is 12.4. The number of nitrogens with zero attached hydrogens (tertiary/aromatic N) is 3. The van der Waals surface area contributed by atoms with E-state index in [0.717, 1.165) is 12.5 Å². The molecule has 140 valence electrons. The fourth-order valence-electron chi connectivity index (χ4n) is 2.77. The van der Waals surface area contributed by atoms with Crippen molar-refractivity contribution in [1.82, 2.24) is 14.5 Å².